The summed E-state index contributed by atoms with van der Waals surface area (Å²) in [6.45, 7) is 4.37. The van der Waals surface area contributed by atoms with E-state index in [2.05, 4.69) is 13.8 Å². The Labute approximate surface area is 88.2 Å². The van der Waals surface area contributed by atoms with Gasteiger partial charge in [0.25, 0.3) is 0 Å². The third-order valence-electron chi connectivity index (χ3n) is 3.90. The molecule has 0 bridgehead atoms. The molecule has 2 heteroatoms. The van der Waals surface area contributed by atoms with E-state index in [1.165, 1.54) is 32.1 Å². The highest BCUT2D eigenvalue weighted by Crippen LogP contribution is 2.34. The molecule has 84 valence electrons. The van der Waals surface area contributed by atoms with Crippen LogP contribution in [0.2, 0.25) is 0 Å². The Bertz CT molecular complexity index is 160. The normalized spacial score (nSPS) is 32.6. The van der Waals surface area contributed by atoms with E-state index in [0.29, 0.717) is 5.92 Å². The summed E-state index contributed by atoms with van der Waals surface area (Å²) in [7, 11) is 1.76. The van der Waals surface area contributed by atoms with Crippen molar-refractivity contribution in [3.05, 3.63) is 0 Å². The lowest BCUT2D eigenvalue weighted by Gasteiger charge is -2.37. The Kier molecular flexibility index (Phi) is 4.90. The van der Waals surface area contributed by atoms with Crippen LogP contribution in [0.3, 0.4) is 0 Å². The van der Waals surface area contributed by atoms with Crippen LogP contribution in [0.5, 0.6) is 0 Å². The van der Waals surface area contributed by atoms with Crippen LogP contribution >= 0.6 is 0 Å². The molecule has 0 aromatic heterocycles. The fraction of sp³-hybridized carbons (Fsp3) is 1.00. The van der Waals surface area contributed by atoms with Crippen molar-refractivity contribution in [3.8, 4) is 0 Å². The van der Waals surface area contributed by atoms with E-state index >= 15 is 0 Å². The molecule has 1 saturated carbocycles. The van der Waals surface area contributed by atoms with E-state index in [1.54, 1.807) is 7.11 Å². The van der Waals surface area contributed by atoms with Crippen molar-refractivity contribution < 1.29 is 4.74 Å². The first kappa shape index (κ1) is 12.0. The fourth-order valence-electron chi connectivity index (χ4n) is 2.76. The molecule has 0 saturated heterocycles. The molecule has 0 aliphatic heterocycles. The van der Waals surface area contributed by atoms with Crippen molar-refractivity contribution >= 4 is 0 Å². The van der Waals surface area contributed by atoms with Gasteiger partial charge in [-0.05, 0) is 25.2 Å². The molecule has 1 fully saturated rings. The van der Waals surface area contributed by atoms with Crippen molar-refractivity contribution in [2.45, 2.75) is 58.1 Å². The number of hydrogen-bond donors (Lipinski definition) is 1. The van der Waals surface area contributed by atoms with Crippen LogP contribution in [0, 0.1) is 11.8 Å². The van der Waals surface area contributed by atoms with Crippen LogP contribution in [0.1, 0.15) is 46.0 Å². The van der Waals surface area contributed by atoms with Gasteiger partial charge in [-0.15, -0.1) is 0 Å². The van der Waals surface area contributed by atoms with Crippen LogP contribution < -0.4 is 5.73 Å². The minimum atomic E-state index is 0.201. The van der Waals surface area contributed by atoms with Crippen LogP contribution in [-0.4, -0.2) is 19.3 Å². The summed E-state index contributed by atoms with van der Waals surface area (Å²) in [6.07, 6.45) is 6.88. The van der Waals surface area contributed by atoms with Gasteiger partial charge in [-0.25, -0.2) is 0 Å². The van der Waals surface area contributed by atoms with Crippen LogP contribution in [0.4, 0.5) is 0 Å². The quantitative estimate of drug-likeness (QED) is 0.755. The first-order valence-electron chi connectivity index (χ1n) is 5.99. The molecule has 0 aromatic rings. The highest BCUT2D eigenvalue weighted by molar-refractivity contribution is 4.85. The molecule has 14 heavy (non-hydrogen) atoms. The lowest BCUT2D eigenvalue weighted by molar-refractivity contribution is 0.0501. The topological polar surface area (TPSA) is 35.2 Å². The molecule has 0 spiro atoms. The van der Waals surface area contributed by atoms with Gasteiger partial charge >= 0.3 is 0 Å². The average molecular weight is 199 g/mol. The summed E-state index contributed by atoms with van der Waals surface area (Å²) in [5, 5.41) is 0. The maximum absolute atomic E-state index is 6.24. The molecule has 2 nitrogen and oxygen atoms in total. The van der Waals surface area contributed by atoms with Gasteiger partial charge in [0.1, 0.15) is 0 Å². The molecule has 1 aliphatic carbocycles. The Balaban J connectivity index is 2.53. The minimum absolute atomic E-state index is 0.201. The smallest absolute Gasteiger partial charge is 0.0696 e. The number of methoxy groups -OCH3 is 1. The van der Waals surface area contributed by atoms with Crippen LogP contribution in [0.25, 0.3) is 0 Å². The lowest BCUT2D eigenvalue weighted by Crippen LogP contribution is -2.44. The van der Waals surface area contributed by atoms with Gasteiger partial charge in [0.2, 0.25) is 0 Å². The van der Waals surface area contributed by atoms with E-state index in [0.717, 1.165) is 5.92 Å². The van der Waals surface area contributed by atoms with Gasteiger partial charge in [-0.1, -0.05) is 32.6 Å². The Hall–Kier alpha value is -0.0800. The van der Waals surface area contributed by atoms with Gasteiger partial charge in [0, 0.05) is 13.2 Å². The van der Waals surface area contributed by atoms with E-state index in [9.17, 15) is 0 Å². The zero-order valence-electron chi connectivity index (χ0n) is 9.83. The fourth-order valence-corrected chi connectivity index (χ4v) is 2.76. The second kappa shape index (κ2) is 5.72. The third kappa shape index (κ3) is 2.71. The molecule has 0 aromatic carbocycles. The average Bonchev–Trinajstić information content (AvgIpc) is 2.26. The van der Waals surface area contributed by atoms with Crippen molar-refractivity contribution in [1.29, 1.82) is 0 Å². The number of nitrogens with two attached hydrogens (primary N) is 1. The Morgan fingerprint density at radius 1 is 1.36 bits per heavy atom. The maximum atomic E-state index is 6.24. The molecule has 2 N–H and O–H groups in total. The molecule has 4 unspecified atom stereocenters. The summed E-state index contributed by atoms with van der Waals surface area (Å²) >= 11 is 0. The number of rotatable bonds is 4. The SMILES string of the molecule is CCC1CCCCC1C(N)C(C)OC. The summed E-state index contributed by atoms with van der Waals surface area (Å²) in [4.78, 5) is 0. The Morgan fingerprint density at radius 2 is 2.00 bits per heavy atom. The standard InChI is InChI=1S/C12H25NO/c1-4-10-7-5-6-8-11(10)12(13)9(2)14-3/h9-12H,4-8,13H2,1-3H3. The van der Waals surface area contributed by atoms with Gasteiger partial charge in [0.15, 0.2) is 0 Å². The van der Waals surface area contributed by atoms with Gasteiger partial charge in [-0.2, -0.15) is 0 Å². The first-order valence-corrected chi connectivity index (χ1v) is 5.99. The van der Waals surface area contributed by atoms with Crippen LogP contribution in [0.15, 0.2) is 0 Å². The zero-order valence-corrected chi connectivity index (χ0v) is 9.83. The van der Waals surface area contributed by atoms with Crippen molar-refractivity contribution in [2.75, 3.05) is 7.11 Å². The maximum Gasteiger partial charge on any atom is 0.0696 e. The third-order valence-corrected chi connectivity index (χ3v) is 3.90. The summed E-state index contributed by atoms with van der Waals surface area (Å²) in [5.41, 5.74) is 6.24. The number of ether oxygens (including phenoxy) is 1. The number of hydrogen-bond acceptors (Lipinski definition) is 2. The van der Waals surface area contributed by atoms with E-state index in [1.807, 2.05) is 0 Å². The van der Waals surface area contributed by atoms with Crippen LogP contribution in [-0.2, 0) is 4.74 Å². The summed E-state index contributed by atoms with van der Waals surface area (Å²) in [6, 6.07) is 0.227. The van der Waals surface area contributed by atoms with Gasteiger partial charge in [-0.3, -0.25) is 0 Å². The molecule has 0 amide bonds. The largest absolute Gasteiger partial charge is 0.380 e. The van der Waals surface area contributed by atoms with E-state index in [-0.39, 0.29) is 12.1 Å². The summed E-state index contributed by atoms with van der Waals surface area (Å²) in [5.74, 6) is 1.51. The van der Waals surface area contributed by atoms with Crippen molar-refractivity contribution in [1.82, 2.24) is 0 Å². The van der Waals surface area contributed by atoms with Gasteiger partial charge < -0.3 is 10.5 Å². The highest BCUT2D eigenvalue weighted by Gasteiger charge is 2.31. The molecule has 0 radical (unpaired) electrons. The lowest BCUT2D eigenvalue weighted by atomic mass is 9.73. The molecule has 4 atom stereocenters. The van der Waals surface area contributed by atoms with Gasteiger partial charge in [0.05, 0.1) is 6.10 Å². The molecule has 1 aliphatic rings. The monoisotopic (exact) mass is 199 g/mol. The minimum Gasteiger partial charge on any atom is -0.380 e. The predicted octanol–water partition coefficient (Wildman–Crippen LogP) is 2.57. The van der Waals surface area contributed by atoms with Crippen molar-refractivity contribution in [2.24, 2.45) is 17.6 Å². The Morgan fingerprint density at radius 3 is 2.57 bits per heavy atom. The second-order valence-electron chi connectivity index (χ2n) is 4.63. The molecular formula is C12H25NO. The molecule has 1 rings (SSSR count). The molecule has 0 heterocycles. The summed E-state index contributed by atoms with van der Waals surface area (Å²) < 4.78 is 5.33. The van der Waals surface area contributed by atoms with Crippen molar-refractivity contribution in [3.63, 3.8) is 0 Å². The van der Waals surface area contributed by atoms with E-state index < -0.39 is 0 Å². The second-order valence-corrected chi connectivity index (χ2v) is 4.63. The first-order chi connectivity index (χ1) is 6.70. The molecular weight excluding hydrogens is 174 g/mol. The highest BCUT2D eigenvalue weighted by atomic mass is 16.5. The predicted molar refractivity (Wildman–Crippen MR) is 60.2 cm³/mol. The van der Waals surface area contributed by atoms with E-state index in [4.69, 9.17) is 10.5 Å². The zero-order chi connectivity index (χ0) is 10.6.